The second-order valence-corrected chi connectivity index (χ2v) is 3.24. The number of nitrogens with two attached hydrogens (primary N) is 4. The number of rotatable bonds is 6. The van der Waals surface area contributed by atoms with Crippen molar-refractivity contribution in [3.05, 3.63) is 0 Å². The van der Waals surface area contributed by atoms with Crippen molar-refractivity contribution < 1.29 is 9.59 Å². The van der Waals surface area contributed by atoms with Crippen molar-refractivity contribution in [2.75, 3.05) is 6.54 Å². The Balaban J connectivity index is -0.0000000267. The second kappa shape index (κ2) is 36.6. The third-order valence-electron chi connectivity index (χ3n) is 1.38. The fourth-order valence-electron chi connectivity index (χ4n) is 0.603. The minimum Gasteiger partial charge on any atom is -0.370 e. The van der Waals surface area contributed by atoms with E-state index in [2.05, 4.69) is 4.99 Å². The number of guanidine groups is 1. The van der Waals surface area contributed by atoms with Gasteiger partial charge in [0.25, 0.3) is 0 Å². The molecule has 0 fully saturated rings. The first-order chi connectivity index (χ1) is 7.43. The van der Waals surface area contributed by atoms with E-state index in [1.165, 1.54) is 0 Å². The number of hydrogen-bond donors (Lipinski definition) is 4. The predicted molar refractivity (Wildman–Crippen MR) is 104 cm³/mol. The van der Waals surface area contributed by atoms with Crippen molar-refractivity contribution >= 4 is 18.5 Å². The molecule has 0 aromatic heterocycles. The van der Waals surface area contributed by atoms with E-state index in [-0.39, 0.29) is 62.6 Å². The van der Waals surface area contributed by atoms with Gasteiger partial charge >= 0.3 is 0 Å². The van der Waals surface area contributed by atoms with Gasteiger partial charge in [-0.3, -0.25) is 4.99 Å². The van der Waals surface area contributed by atoms with Crippen molar-refractivity contribution in [3.63, 3.8) is 0 Å². The summed E-state index contributed by atoms with van der Waals surface area (Å²) in [7, 11) is 0. The normalized spacial score (nSPS) is 9.23. The molecular weight excluding hydrogens is 282 g/mol. The highest BCUT2D eigenvalue weighted by atomic mass is 16.1. The molecule has 0 aromatic carbocycles. The topological polar surface area (TPSA) is 151 Å². The summed E-state index contributed by atoms with van der Waals surface area (Å²) in [5.41, 5.74) is 20.4. The minimum absolute atomic E-state index is 0. The van der Waals surface area contributed by atoms with Gasteiger partial charge in [0, 0.05) is 6.54 Å². The van der Waals surface area contributed by atoms with Gasteiger partial charge in [0.15, 0.2) is 5.96 Å². The molecule has 0 aliphatic heterocycles. The lowest BCUT2D eigenvalue weighted by atomic mass is 10.2. The standard InChI is InChI=1S/C6H14N4O.C3H7NO.6CH4/c7-5(4-11)2-1-3-10-6(8)9;1-3(4)2-5;;;;;;/h4-5H,1-3,7H2,(H4,8,9,10);2-3H,4H2,1H3;6*1H4/t5-;3-;;;;;;/m11....../s1. The summed E-state index contributed by atoms with van der Waals surface area (Å²) in [4.78, 5) is 23.1. The summed E-state index contributed by atoms with van der Waals surface area (Å²) in [6.45, 7) is 2.16. The lowest BCUT2D eigenvalue weighted by Crippen LogP contribution is -2.24. The Hall–Kier alpha value is -1.47. The van der Waals surface area contributed by atoms with Crippen LogP contribution in [0.5, 0.6) is 0 Å². The van der Waals surface area contributed by atoms with Crippen molar-refractivity contribution in [2.24, 2.45) is 27.9 Å². The summed E-state index contributed by atoms with van der Waals surface area (Å²) in [6, 6.07) is -0.681. The first-order valence-electron chi connectivity index (χ1n) is 4.91. The van der Waals surface area contributed by atoms with Gasteiger partial charge in [-0.1, -0.05) is 44.6 Å². The molecule has 22 heavy (non-hydrogen) atoms. The Labute approximate surface area is 139 Å². The molecule has 0 rings (SSSR count). The van der Waals surface area contributed by atoms with Crippen LogP contribution in [0.3, 0.4) is 0 Å². The molecule has 0 heterocycles. The van der Waals surface area contributed by atoms with Gasteiger partial charge in [-0.15, -0.1) is 0 Å². The van der Waals surface area contributed by atoms with Crippen molar-refractivity contribution in [1.29, 1.82) is 0 Å². The van der Waals surface area contributed by atoms with Crippen molar-refractivity contribution in [3.8, 4) is 0 Å². The van der Waals surface area contributed by atoms with E-state index >= 15 is 0 Å². The summed E-state index contributed by atoms with van der Waals surface area (Å²) in [6.07, 6.45) is 2.77. The molecule has 8 N–H and O–H groups in total. The van der Waals surface area contributed by atoms with Crippen LogP contribution in [-0.4, -0.2) is 37.2 Å². The lowest BCUT2D eigenvalue weighted by molar-refractivity contribution is -0.109. The molecule has 0 unspecified atom stereocenters. The van der Waals surface area contributed by atoms with Gasteiger partial charge < -0.3 is 32.5 Å². The molecule has 142 valence electrons. The van der Waals surface area contributed by atoms with Crippen LogP contribution in [0.4, 0.5) is 0 Å². The van der Waals surface area contributed by atoms with Gasteiger partial charge in [0.2, 0.25) is 0 Å². The van der Waals surface area contributed by atoms with Crippen molar-refractivity contribution in [2.45, 2.75) is 76.4 Å². The molecule has 0 aliphatic rings. The molecule has 0 amide bonds. The maximum absolute atomic E-state index is 10.0. The zero-order valence-electron chi connectivity index (χ0n) is 9.50. The smallest absolute Gasteiger partial charge is 0.185 e. The van der Waals surface area contributed by atoms with E-state index in [0.717, 1.165) is 12.7 Å². The Morgan fingerprint density at radius 3 is 1.55 bits per heavy atom. The Morgan fingerprint density at radius 2 is 1.32 bits per heavy atom. The number of carbonyl (C=O) groups excluding carboxylic acids is 2. The summed E-state index contributed by atoms with van der Waals surface area (Å²) in [5, 5.41) is 0. The molecule has 7 heteroatoms. The van der Waals surface area contributed by atoms with E-state index in [4.69, 9.17) is 22.9 Å². The molecule has 0 aliphatic carbocycles. The first kappa shape index (κ1) is 49.9. The number of hydrogen-bond acceptors (Lipinski definition) is 5. The van der Waals surface area contributed by atoms with Crippen molar-refractivity contribution in [1.82, 2.24) is 0 Å². The summed E-state index contributed by atoms with van der Waals surface area (Å²) >= 11 is 0. The number of aldehydes is 2. The molecule has 0 radical (unpaired) electrons. The second-order valence-electron chi connectivity index (χ2n) is 3.24. The van der Waals surface area contributed by atoms with Gasteiger partial charge in [-0.05, 0) is 19.8 Å². The molecule has 0 aromatic rings. The number of carbonyl (C=O) groups is 2. The Kier molecular flexibility index (Phi) is 83.0. The van der Waals surface area contributed by atoms with Gasteiger partial charge in [0.1, 0.15) is 12.6 Å². The molecular formula is C15H45N5O2. The SMILES string of the molecule is C.C.C.C.C.C.C[C@@H](N)C=O.NC(N)=NCCC[C@@H](N)C=O. The average molecular weight is 328 g/mol. The molecule has 0 saturated heterocycles. The van der Waals surface area contributed by atoms with E-state index in [0.29, 0.717) is 19.3 Å². The van der Waals surface area contributed by atoms with Crippen LogP contribution in [0.2, 0.25) is 0 Å². The van der Waals surface area contributed by atoms with Crippen LogP contribution in [0.15, 0.2) is 4.99 Å². The third kappa shape index (κ3) is 62.7. The predicted octanol–water partition coefficient (Wildman–Crippen LogP) is 1.92. The Morgan fingerprint density at radius 1 is 0.955 bits per heavy atom. The van der Waals surface area contributed by atoms with Crippen LogP contribution in [0.1, 0.15) is 64.3 Å². The number of aliphatic imine (C=N–C) groups is 1. The largest absolute Gasteiger partial charge is 0.370 e. The molecule has 2 atom stereocenters. The molecule has 0 bridgehead atoms. The highest BCUT2D eigenvalue weighted by molar-refractivity contribution is 5.75. The average Bonchev–Trinajstić information content (AvgIpc) is 2.24. The maximum Gasteiger partial charge on any atom is 0.185 e. The van der Waals surface area contributed by atoms with Crippen LogP contribution >= 0.6 is 0 Å². The van der Waals surface area contributed by atoms with Crippen LogP contribution in [0.25, 0.3) is 0 Å². The van der Waals surface area contributed by atoms with Gasteiger partial charge in [-0.25, -0.2) is 0 Å². The minimum atomic E-state index is -0.385. The lowest BCUT2D eigenvalue weighted by Gasteiger charge is -2.00. The van der Waals surface area contributed by atoms with Crippen LogP contribution in [-0.2, 0) is 9.59 Å². The van der Waals surface area contributed by atoms with Crippen LogP contribution < -0.4 is 22.9 Å². The zero-order valence-corrected chi connectivity index (χ0v) is 9.50. The Bertz CT molecular complexity index is 218. The molecule has 0 spiro atoms. The van der Waals surface area contributed by atoms with E-state index in [1.807, 2.05) is 0 Å². The third-order valence-corrected chi connectivity index (χ3v) is 1.38. The first-order valence-corrected chi connectivity index (χ1v) is 4.91. The fraction of sp³-hybridized carbons (Fsp3) is 0.800. The quantitative estimate of drug-likeness (QED) is 0.253. The fourth-order valence-corrected chi connectivity index (χ4v) is 0.603. The maximum atomic E-state index is 10.0. The zero-order chi connectivity index (χ0) is 13.0. The van der Waals surface area contributed by atoms with Crippen LogP contribution in [0, 0.1) is 0 Å². The summed E-state index contributed by atoms with van der Waals surface area (Å²) < 4.78 is 0. The monoisotopic (exact) mass is 327 g/mol. The molecule has 7 nitrogen and oxygen atoms in total. The van der Waals surface area contributed by atoms with Gasteiger partial charge in [-0.2, -0.15) is 0 Å². The molecule has 0 saturated carbocycles. The number of nitrogens with zero attached hydrogens (tertiary/aromatic N) is 1. The highest BCUT2D eigenvalue weighted by Gasteiger charge is 1.97. The summed E-state index contributed by atoms with van der Waals surface area (Å²) in [5.74, 6) is 0.0738. The van der Waals surface area contributed by atoms with E-state index in [1.54, 1.807) is 6.92 Å². The highest BCUT2D eigenvalue weighted by Crippen LogP contribution is 1.91. The van der Waals surface area contributed by atoms with E-state index in [9.17, 15) is 9.59 Å². The van der Waals surface area contributed by atoms with E-state index < -0.39 is 0 Å². The van der Waals surface area contributed by atoms with Gasteiger partial charge in [0.05, 0.1) is 12.1 Å².